The fourth-order valence-corrected chi connectivity index (χ4v) is 8.62. The third-order valence-corrected chi connectivity index (χ3v) is 10.6. The maximum absolute atomic E-state index is 14.7. The highest BCUT2D eigenvalue weighted by Gasteiger charge is 2.77. The number of hydrogen-bond donors (Lipinski definition) is 2. The third kappa shape index (κ3) is 7.89. The molecule has 1 unspecified atom stereocenters. The summed E-state index contributed by atoms with van der Waals surface area (Å²) in [4.78, 5) is 59.1. The molecule has 11 heteroatoms. The number of benzene rings is 1. The summed E-state index contributed by atoms with van der Waals surface area (Å²) in [6, 6.07) is 6.92. The van der Waals surface area contributed by atoms with Crippen LogP contribution in [0.3, 0.4) is 0 Å². The van der Waals surface area contributed by atoms with Gasteiger partial charge in [0.05, 0.1) is 36.6 Å². The minimum absolute atomic E-state index is 0.0893. The van der Waals surface area contributed by atoms with Gasteiger partial charge in [0.1, 0.15) is 18.2 Å². The number of aliphatic hydroxyl groups is 1. The van der Waals surface area contributed by atoms with Gasteiger partial charge in [-0.1, -0.05) is 92.0 Å². The van der Waals surface area contributed by atoms with Gasteiger partial charge in [-0.15, -0.1) is 13.2 Å². The number of halogens is 1. The summed E-state index contributed by atoms with van der Waals surface area (Å²) in [5.41, 5.74) is -0.517. The van der Waals surface area contributed by atoms with E-state index in [0.717, 1.165) is 24.8 Å². The summed E-state index contributed by atoms with van der Waals surface area (Å²) in [6.07, 6.45) is 6.91. The molecule has 3 aliphatic heterocycles. The predicted molar refractivity (Wildman–Crippen MR) is 187 cm³/mol. The molecule has 10 nitrogen and oxygen atoms in total. The Morgan fingerprint density at radius 1 is 1.21 bits per heavy atom. The predicted octanol–water partition coefficient (Wildman–Crippen LogP) is 4.71. The number of rotatable bonds is 19. The van der Waals surface area contributed by atoms with Gasteiger partial charge in [0.25, 0.3) is 0 Å². The van der Waals surface area contributed by atoms with Crippen LogP contribution in [-0.4, -0.2) is 93.5 Å². The standard InChI is InChI=1S/C37H52BrN3O7/c1-6-9-14-19-40(18-8-3)36(46)33-37-21-27(38)32(48-37)30(31(37)35(45)41(33)26(22-42)20-24(4)5)34(44)39-28(25-15-12-11-13-16-25)23-47-29(43)17-10-7-2/h7-8,11-13,15-16,24,26-28,30-33,42H,2-3,6,9-10,14,17-23H2,1,4-5H3,(H,39,44)/t26-,27?,28-,30-,31+,32-,33-,37+/m1/s1. The van der Waals surface area contributed by atoms with E-state index in [1.165, 1.54) is 0 Å². The van der Waals surface area contributed by atoms with Crippen LogP contribution in [0.25, 0.3) is 0 Å². The molecule has 2 N–H and O–H groups in total. The number of nitrogens with zero attached hydrogens (tertiary/aromatic N) is 2. The number of nitrogens with one attached hydrogen (secondary N) is 1. The molecular weight excluding hydrogens is 678 g/mol. The number of esters is 1. The molecule has 3 fully saturated rings. The molecule has 3 heterocycles. The lowest BCUT2D eigenvalue weighted by Crippen LogP contribution is -2.59. The monoisotopic (exact) mass is 729 g/mol. The zero-order valence-electron chi connectivity index (χ0n) is 28.5. The SMILES string of the molecule is C=CCCC(=O)OC[C@@H](NC(=O)[C@H]1[C@@H]2O[C@@]3(CC2Br)[C@@H]1C(=O)N([C@@H](CO)CC(C)C)[C@@H]3C(=O)N(CC=C)CCCCC)c1ccccc1. The lowest BCUT2D eigenvalue weighted by atomic mass is 9.70. The number of likely N-dealkylation sites (tertiary alicyclic amines) is 1. The molecule has 3 saturated heterocycles. The number of carbonyl (C=O) groups is 4. The van der Waals surface area contributed by atoms with E-state index in [1.54, 1.807) is 22.0 Å². The smallest absolute Gasteiger partial charge is 0.306 e. The van der Waals surface area contributed by atoms with Crippen LogP contribution in [0.4, 0.5) is 0 Å². The van der Waals surface area contributed by atoms with Gasteiger partial charge in [-0.2, -0.15) is 0 Å². The molecule has 48 heavy (non-hydrogen) atoms. The van der Waals surface area contributed by atoms with Gasteiger partial charge in [-0.3, -0.25) is 19.2 Å². The molecule has 0 radical (unpaired) electrons. The number of carbonyl (C=O) groups excluding carboxylic acids is 4. The van der Waals surface area contributed by atoms with Crippen molar-refractivity contribution in [2.24, 2.45) is 17.8 Å². The number of alkyl halides is 1. The highest BCUT2D eigenvalue weighted by atomic mass is 79.9. The van der Waals surface area contributed by atoms with Gasteiger partial charge in [-0.05, 0) is 37.2 Å². The molecule has 1 spiro atoms. The Hall–Kier alpha value is -3.02. The highest BCUT2D eigenvalue weighted by molar-refractivity contribution is 9.09. The number of amides is 3. The van der Waals surface area contributed by atoms with E-state index in [1.807, 2.05) is 44.2 Å². The van der Waals surface area contributed by atoms with Crippen LogP contribution in [0.1, 0.15) is 77.3 Å². The van der Waals surface area contributed by atoms with Crippen LogP contribution in [0.5, 0.6) is 0 Å². The first-order valence-electron chi connectivity index (χ1n) is 17.3. The molecule has 1 aromatic rings. The summed E-state index contributed by atoms with van der Waals surface area (Å²) >= 11 is 3.75. The Labute approximate surface area is 293 Å². The van der Waals surface area contributed by atoms with Crippen molar-refractivity contribution < 1.29 is 33.8 Å². The van der Waals surface area contributed by atoms with Crippen molar-refractivity contribution in [2.75, 3.05) is 26.3 Å². The van der Waals surface area contributed by atoms with Crippen LogP contribution in [0, 0.1) is 17.8 Å². The highest BCUT2D eigenvalue weighted by Crippen LogP contribution is 2.60. The minimum atomic E-state index is -1.26. The lowest BCUT2D eigenvalue weighted by molar-refractivity contribution is -0.151. The molecule has 3 aliphatic rings. The van der Waals surface area contributed by atoms with E-state index in [2.05, 4.69) is 41.3 Å². The second kappa shape index (κ2) is 17.1. The number of fused-ring (bicyclic) bond motifs is 1. The van der Waals surface area contributed by atoms with E-state index in [0.29, 0.717) is 32.4 Å². The van der Waals surface area contributed by atoms with Crippen molar-refractivity contribution in [2.45, 2.75) is 100 Å². The van der Waals surface area contributed by atoms with E-state index in [-0.39, 0.29) is 42.2 Å². The maximum atomic E-state index is 14.7. The molecule has 2 bridgehead atoms. The fraction of sp³-hybridized carbons (Fsp3) is 0.622. The maximum Gasteiger partial charge on any atom is 0.306 e. The van der Waals surface area contributed by atoms with Crippen molar-refractivity contribution in [1.29, 1.82) is 0 Å². The molecule has 4 rings (SSSR count). The van der Waals surface area contributed by atoms with Crippen molar-refractivity contribution in [1.82, 2.24) is 15.1 Å². The van der Waals surface area contributed by atoms with Crippen LogP contribution in [-0.2, 0) is 28.7 Å². The summed E-state index contributed by atoms with van der Waals surface area (Å²) in [7, 11) is 0. The first kappa shape index (κ1) is 37.8. The Bertz CT molecular complexity index is 1310. The average molecular weight is 731 g/mol. The number of hydrogen-bond acceptors (Lipinski definition) is 7. The zero-order chi connectivity index (χ0) is 35.0. The van der Waals surface area contributed by atoms with Gasteiger partial charge in [0.15, 0.2) is 0 Å². The van der Waals surface area contributed by atoms with Gasteiger partial charge >= 0.3 is 5.97 Å². The van der Waals surface area contributed by atoms with E-state index in [4.69, 9.17) is 9.47 Å². The molecule has 0 saturated carbocycles. The molecule has 8 atom stereocenters. The second-order valence-corrected chi connectivity index (χ2v) is 14.8. The number of allylic oxidation sites excluding steroid dienone is 1. The first-order valence-corrected chi connectivity index (χ1v) is 18.2. The zero-order valence-corrected chi connectivity index (χ0v) is 30.1. The molecule has 0 aliphatic carbocycles. The average Bonchev–Trinajstić information content (AvgIpc) is 3.67. The van der Waals surface area contributed by atoms with E-state index in [9.17, 15) is 24.3 Å². The van der Waals surface area contributed by atoms with Gasteiger partial charge in [0.2, 0.25) is 17.7 Å². The van der Waals surface area contributed by atoms with Crippen molar-refractivity contribution >= 4 is 39.6 Å². The topological polar surface area (TPSA) is 125 Å². The van der Waals surface area contributed by atoms with Crippen molar-refractivity contribution in [3.8, 4) is 0 Å². The molecule has 264 valence electrons. The Morgan fingerprint density at radius 2 is 1.94 bits per heavy atom. The summed E-state index contributed by atoms with van der Waals surface area (Å²) < 4.78 is 12.3. The molecular formula is C37H52BrN3O7. The molecule has 3 amide bonds. The van der Waals surface area contributed by atoms with Crippen molar-refractivity contribution in [3.05, 3.63) is 61.2 Å². The van der Waals surface area contributed by atoms with E-state index >= 15 is 0 Å². The second-order valence-electron chi connectivity index (χ2n) is 13.6. The van der Waals surface area contributed by atoms with Crippen molar-refractivity contribution in [3.63, 3.8) is 0 Å². The Morgan fingerprint density at radius 3 is 2.56 bits per heavy atom. The van der Waals surface area contributed by atoms with Gasteiger partial charge in [0, 0.05) is 24.3 Å². The summed E-state index contributed by atoms with van der Waals surface area (Å²) in [5, 5.41) is 13.7. The first-order chi connectivity index (χ1) is 23.0. The van der Waals surface area contributed by atoms with Gasteiger partial charge < -0.3 is 29.7 Å². The fourth-order valence-electron chi connectivity index (χ4n) is 7.68. The Kier molecular flexibility index (Phi) is 13.4. The van der Waals surface area contributed by atoms with Crippen LogP contribution < -0.4 is 5.32 Å². The largest absolute Gasteiger partial charge is 0.463 e. The van der Waals surface area contributed by atoms with Crippen LogP contribution in [0.15, 0.2) is 55.6 Å². The lowest BCUT2D eigenvalue weighted by Gasteiger charge is -2.40. The Balaban J connectivity index is 1.70. The normalized spacial score (nSPS) is 27.0. The number of unbranched alkanes of at least 4 members (excludes halogenated alkanes) is 2. The summed E-state index contributed by atoms with van der Waals surface area (Å²) in [6.45, 7) is 14.0. The minimum Gasteiger partial charge on any atom is -0.463 e. The van der Waals surface area contributed by atoms with Gasteiger partial charge in [-0.25, -0.2) is 0 Å². The number of ether oxygens (including phenoxy) is 2. The van der Waals surface area contributed by atoms with Crippen LogP contribution in [0.2, 0.25) is 0 Å². The quantitative estimate of drug-likeness (QED) is 0.0915. The number of aliphatic hydroxyl groups excluding tert-OH is 1. The van der Waals surface area contributed by atoms with E-state index < -0.39 is 53.5 Å². The third-order valence-electron chi connectivity index (χ3n) is 9.79. The summed E-state index contributed by atoms with van der Waals surface area (Å²) in [5.74, 6) is -3.13. The molecule has 1 aromatic carbocycles. The van der Waals surface area contributed by atoms with Crippen LogP contribution >= 0.6 is 15.9 Å². The molecule has 0 aromatic heterocycles.